The van der Waals surface area contributed by atoms with Crippen LogP contribution in [-0.4, -0.2) is 46.7 Å². The molecule has 1 heterocycles. The number of aliphatic imine (C=N–C) groups is 1. The van der Waals surface area contributed by atoms with E-state index in [1.165, 1.54) is 12.1 Å². The first-order valence-electron chi connectivity index (χ1n) is 13.6. The Morgan fingerprint density at radius 1 is 1.00 bits per heavy atom. The minimum Gasteiger partial charge on any atom is -0.329 e. The Labute approximate surface area is 231 Å². The van der Waals surface area contributed by atoms with E-state index >= 15 is 0 Å². The molecule has 3 aromatic rings. The molecule has 0 radical (unpaired) electrons. The maximum Gasteiger partial charge on any atom is 0.237 e. The molecule has 1 amide bonds. The molecule has 2 N–H and O–H groups in total. The second kappa shape index (κ2) is 12.0. The van der Waals surface area contributed by atoms with Crippen molar-refractivity contribution < 1.29 is 9.18 Å². The normalized spacial score (nSPS) is 17.2. The van der Waals surface area contributed by atoms with Crippen molar-refractivity contribution in [2.45, 2.75) is 45.6 Å². The van der Waals surface area contributed by atoms with Gasteiger partial charge in [0.15, 0.2) is 0 Å². The molecule has 2 atom stereocenters. The zero-order chi connectivity index (χ0) is 28.2. The van der Waals surface area contributed by atoms with Crippen LogP contribution in [0.3, 0.4) is 0 Å². The lowest BCUT2D eigenvalue weighted by Crippen LogP contribution is -2.61. The van der Waals surface area contributed by atoms with Crippen molar-refractivity contribution in [3.05, 3.63) is 103 Å². The highest BCUT2D eigenvalue weighted by atomic mass is 19.1. The molecule has 0 aliphatic carbocycles. The van der Waals surface area contributed by atoms with Gasteiger partial charge in [-0.15, -0.1) is 0 Å². The molecule has 2 unspecified atom stereocenters. The van der Waals surface area contributed by atoms with Crippen LogP contribution in [0.1, 0.15) is 45.6 Å². The molecule has 0 spiro atoms. The Bertz CT molecular complexity index is 1320. The summed E-state index contributed by atoms with van der Waals surface area (Å²) < 4.78 is 13.9. The van der Waals surface area contributed by atoms with E-state index in [0.29, 0.717) is 13.1 Å². The Morgan fingerprint density at radius 3 is 2.21 bits per heavy atom. The summed E-state index contributed by atoms with van der Waals surface area (Å²) in [4.78, 5) is 21.9. The van der Waals surface area contributed by atoms with Gasteiger partial charge < -0.3 is 15.5 Å². The smallest absolute Gasteiger partial charge is 0.237 e. The lowest BCUT2D eigenvalue weighted by molar-refractivity contribution is -0.135. The summed E-state index contributed by atoms with van der Waals surface area (Å²) in [6, 6.07) is 25.2. The van der Waals surface area contributed by atoms with E-state index in [0.717, 1.165) is 40.3 Å². The minimum atomic E-state index is -0.643. The number of piperazine rings is 1. The van der Waals surface area contributed by atoms with Gasteiger partial charge in [0.2, 0.25) is 5.91 Å². The van der Waals surface area contributed by atoms with E-state index in [1.807, 2.05) is 56.3 Å². The predicted molar refractivity (Wildman–Crippen MR) is 158 cm³/mol. The van der Waals surface area contributed by atoms with Crippen LogP contribution in [0.2, 0.25) is 0 Å². The number of hydrogen-bond acceptors (Lipinski definition) is 3. The first-order chi connectivity index (χ1) is 18.7. The van der Waals surface area contributed by atoms with Crippen LogP contribution in [0.4, 0.5) is 10.1 Å². The molecule has 0 saturated carbocycles. The first kappa shape index (κ1) is 28.2. The third-order valence-electron chi connectivity index (χ3n) is 7.94. The first-order valence-corrected chi connectivity index (χ1v) is 13.6. The average Bonchev–Trinajstić information content (AvgIpc) is 2.95. The van der Waals surface area contributed by atoms with Crippen molar-refractivity contribution in [2.75, 3.05) is 19.6 Å². The highest BCUT2D eigenvalue weighted by Gasteiger charge is 2.42. The van der Waals surface area contributed by atoms with Gasteiger partial charge in [0, 0.05) is 24.7 Å². The predicted octanol–water partition coefficient (Wildman–Crippen LogP) is 6.75. The summed E-state index contributed by atoms with van der Waals surface area (Å²) in [6.45, 7) is 13.8. The molecule has 39 heavy (non-hydrogen) atoms. The maximum atomic E-state index is 13.9. The van der Waals surface area contributed by atoms with Gasteiger partial charge in [-0.25, -0.2) is 9.38 Å². The van der Waals surface area contributed by atoms with Crippen molar-refractivity contribution >= 4 is 17.4 Å². The molecule has 1 saturated heterocycles. The number of nitrogens with two attached hydrogens (primary N) is 1. The van der Waals surface area contributed by atoms with Crippen molar-refractivity contribution in [1.29, 1.82) is 0 Å². The summed E-state index contributed by atoms with van der Waals surface area (Å²) >= 11 is 0. The van der Waals surface area contributed by atoms with E-state index in [1.54, 1.807) is 4.90 Å². The van der Waals surface area contributed by atoms with Gasteiger partial charge in [-0.2, -0.15) is 0 Å². The Hall–Kier alpha value is -3.77. The van der Waals surface area contributed by atoms with Crippen LogP contribution >= 0.6 is 0 Å². The quantitative estimate of drug-likeness (QED) is 0.274. The Morgan fingerprint density at radius 2 is 1.62 bits per heavy atom. The number of nitrogens with zero attached hydrogens (tertiary/aromatic N) is 3. The molecular formula is C33H39FN4O. The number of amides is 1. The topological polar surface area (TPSA) is 61.9 Å². The maximum absolute atomic E-state index is 13.9. The fourth-order valence-corrected chi connectivity index (χ4v) is 5.33. The largest absolute Gasteiger partial charge is 0.329 e. The molecule has 5 nitrogen and oxygen atoms in total. The SMILES string of the molecule is C=C1N(C(=Nc2ccc(-c3ccccc3)cc2)C(c2ccc(F)cc2)C(C)CC)CCN(C(=O)CN)C1(C)C. The second-order valence-electron chi connectivity index (χ2n) is 10.7. The third kappa shape index (κ3) is 5.96. The van der Waals surface area contributed by atoms with Crippen molar-refractivity contribution in [1.82, 2.24) is 9.80 Å². The van der Waals surface area contributed by atoms with Gasteiger partial charge in [-0.05, 0) is 60.7 Å². The number of carbonyl (C=O) groups is 1. The Kier molecular flexibility index (Phi) is 8.66. The Balaban J connectivity index is 1.82. The van der Waals surface area contributed by atoms with Gasteiger partial charge in [0.1, 0.15) is 11.7 Å². The van der Waals surface area contributed by atoms with Crippen molar-refractivity contribution in [3.63, 3.8) is 0 Å². The highest BCUT2D eigenvalue weighted by Crippen LogP contribution is 2.38. The number of carbonyl (C=O) groups excluding carboxylic acids is 1. The minimum absolute atomic E-state index is 0.0451. The standard InChI is InChI=1S/C33H39FN4O/c1-6-23(2)31(27-12-16-28(34)17-13-27)32(37-20-21-38(30(39)22-35)33(4,5)24(37)3)36-29-18-14-26(15-19-29)25-10-8-7-9-11-25/h7-19,23,31H,3,6,20-22,35H2,1-2,4-5H3. The summed E-state index contributed by atoms with van der Waals surface area (Å²) in [6.07, 6.45) is 0.912. The second-order valence-corrected chi connectivity index (χ2v) is 10.7. The molecule has 1 aliphatic heterocycles. The van der Waals surface area contributed by atoms with E-state index in [4.69, 9.17) is 10.7 Å². The molecule has 3 aromatic carbocycles. The van der Waals surface area contributed by atoms with Gasteiger partial charge >= 0.3 is 0 Å². The summed E-state index contributed by atoms with van der Waals surface area (Å²) in [5.74, 6) is 0.594. The molecule has 204 valence electrons. The summed E-state index contributed by atoms with van der Waals surface area (Å²) in [5.41, 5.74) is 9.95. The van der Waals surface area contributed by atoms with Gasteiger partial charge in [-0.3, -0.25) is 4.79 Å². The number of benzene rings is 3. The van der Waals surface area contributed by atoms with Crippen LogP contribution in [0, 0.1) is 11.7 Å². The van der Waals surface area contributed by atoms with E-state index in [-0.39, 0.29) is 30.1 Å². The number of halogens is 1. The van der Waals surface area contributed by atoms with Gasteiger partial charge in [0.05, 0.1) is 17.8 Å². The molecule has 1 fully saturated rings. The van der Waals surface area contributed by atoms with E-state index in [9.17, 15) is 9.18 Å². The van der Waals surface area contributed by atoms with Crippen LogP contribution in [0.25, 0.3) is 11.1 Å². The monoisotopic (exact) mass is 526 g/mol. The van der Waals surface area contributed by atoms with Crippen LogP contribution in [-0.2, 0) is 4.79 Å². The number of amidine groups is 1. The van der Waals surface area contributed by atoms with Crippen molar-refractivity contribution in [3.8, 4) is 11.1 Å². The van der Waals surface area contributed by atoms with Crippen LogP contribution in [0.15, 0.2) is 96.1 Å². The van der Waals surface area contributed by atoms with E-state index in [2.05, 4.69) is 49.6 Å². The lowest BCUT2D eigenvalue weighted by atomic mass is 9.82. The van der Waals surface area contributed by atoms with Crippen LogP contribution in [0.5, 0.6) is 0 Å². The number of rotatable bonds is 7. The number of hydrogen-bond donors (Lipinski definition) is 1. The molecule has 1 aliphatic rings. The third-order valence-corrected chi connectivity index (χ3v) is 7.94. The fourth-order valence-electron chi connectivity index (χ4n) is 5.33. The lowest BCUT2D eigenvalue weighted by Gasteiger charge is -2.50. The van der Waals surface area contributed by atoms with Gasteiger partial charge in [0.25, 0.3) is 0 Å². The molecule has 6 heteroatoms. The zero-order valence-electron chi connectivity index (χ0n) is 23.4. The summed E-state index contributed by atoms with van der Waals surface area (Å²) in [5, 5.41) is 0. The molecule has 0 aromatic heterocycles. The van der Waals surface area contributed by atoms with E-state index < -0.39 is 5.54 Å². The van der Waals surface area contributed by atoms with Crippen molar-refractivity contribution in [2.24, 2.45) is 16.6 Å². The molecule has 0 bridgehead atoms. The fraction of sp³-hybridized carbons (Fsp3) is 0.333. The molecular weight excluding hydrogens is 487 g/mol. The average molecular weight is 527 g/mol. The zero-order valence-corrected chi connectivity index (χ0v) is 23.4. The molecule has 4 rings (SSSR count). The summed E-state index contributed by atoms with van der Waals surface area (Å²) in [7, 11) is 0. The van der Waals surface area contributed by atoms with Gasteiger partial charge in [-0.1, -0.05) is 81.4 Å². The van der Waals surface area contributed by atoms with Crippen LogP contribution < -0.4 is 5.73 Å². The highest BCUT2D eigenvalue weighted by molar-refractivity contribution is 5.93.